The normalized spacial score (nSPS) is 18.0. The molecule has 2 heterocycles. The molecule has 0 bridgehead atoms. The van der Waals surface area contributed by atoms with Gasteiger partial charge in [-0.1, -0.05) is 36.4 Å². The summed E-state index contributed by atoms with van der Waals surface area (Å²) in [4.78, 5) is 7.29. The van der Waals surface area contributed by atoms with Crippen LogP contribution >= 0.6 is 0 Å². The molecular weight excluding hydrogens is 420 g/mol. The van der Waals surface area contributed by atoms with Gasteiger partial charge in [-0.2, -0.15) is 5.26 Å². The van der Waals surface area contributed by atoms with E-state index in [2.05, 4.69) is 66.5 Å². The molecule has 0 spiro atoms. The Bertz CT molecular complexity index is 1350. The van der Waals surface area contributed by atoms with Crippen molar-refractivity contribution in [1.29, 1.82) is 5.26 Å². The summed E-state index contributed by atoms with van der Waals surface area (Å²) in [5.41, 5.74) is 6.86. The SMILES string of the molecule is COc1c(-c2ccc(N3C[C@@H](C)N[C@@H](C)C3)cc2)cnc2c(-c3ccc(C#N)cc3)cccc12. The van der Waals surface area contributed by atoms with Crippen molar-refractivity contribution in [1.82, 2.24) is 10.3 Å². The van der Waals surface area contributed by atoms with Gasteiger partial charge in [0.2, 0.25) is 0 Å². The third-order valence-corrected chi connectivity index (χ3v) is 6.48. The minimum Gasteiger partial charge on any atom is -0.495 e. The van der Waals surface area contributed by atoms with Crippen LogP contribution in [0.4, 0.5) is 5.69 Å². The fraction of sp³-hybridized carbons (Fsp3) is 0.241. The van der Waals surface area contributed by atoms with Crippen LogP contribution in [0, 0.1) is 11.3 Å². The molecule has 0 aliphatic carbocycles. The van der Waals surface area contributed by atoms with Gasteiger partial charge in [-0.3, -0.25) is 4.98 Å². The van der Waals surface area contributed by atoms with E-state index in [0.717, 1.165) is 52.0 Å². The monoisotopic (exact) mass is 448 g/mol. The minimum atomic E-state index is 0.471. The van der Waals surface area contributed by atoms with Gasteiger partial charge in [0.25, 0.3) is 0 Å². The molecule has 1 aliphatic rings. The first-order chi connectivity index (χ1) is 16.6. The van der Waals surface area contributed by atoms with Crippen molar-refractivity contribution in [2.24, 2.45) is 0 Å². The lowest BCUT2D eigenvalue weighted by atomic mass is 9.98. The molecule has 0 radical (unpaired) electrons. The summed E-state index contributed by atoms with van der Waals surface area (Å²) in [7, 11) is 1.71. The smallest absolute Gasteiger partial charge is 0.137 e. The van der Waals surface area contributed by atoms with E-state index in [-0.39, 0.29) is 0 Å². The molecule has 1 aromatic heterocycles. The number of nitriles is 1. The molecule has 170 valence electrons. The molecule has 1 N–H and O–H groups in total. The van der Waals surface area contributed by atoms with Gasteiger partial charge in [0.05, 0.1) is 24.3 Å². The van der Waals surface area contributed by atoms with Crippen molar-refractivity contribution < 1.29 is 4.74 Å². The maximum absolute atomic E-state index is 9.11. The van der Waals surface area contributed by atoms with Crippen LogP contribution in [0.15, 0.2) is 72.9 Å². The Morgan fingerprint density at radius 2 is 1.56 bits per heavy atom. The van der Waals surface area contributed by atoms with Crippen LogP contribution in [0.2, 0.25) is 0 Å². The number of piperazine rings is 1. The van der Waals surface area contributed by atoms with Crippen LogP contribution in [-0.4, -0.2) is 37.3 Å². The van der Waals surface area contributed by atoms with E-state index in [1.54, 1.807) is 7.11 Å². The molecular formula is C29H28N4O. The van der Waals surface area contributed by atoms with Crippen molar-refractivity contribution in [3.63, 3.8) is 0 Å². The van der Waals surface area contributed by atoms with Crippen LogP contribution in [0.25, 0.3) is 33.2 Å². The van der Waals surface area contributed by atoms with Crippen LogP contribution in [0.1, 0.15) is 19.4 Å². The molecule has 0 amide bonds. The molecule has 1 saturated heterocycles. The Labute approximate surface area is 200 Å². The fourth-order valence-corrected chi connectivity index (χ4v) is 4.97. The number of hydrogen-bond donors (Lipinski definition) is 1. The number of nitrogens with zero attached hydrogens (tertiary/aromatic N) is 3. The second-order valence-electron chi connectivity index (χ2n) is 9.02. The molecule has 2 atom stereocenters. The molecule has 3 aromatic carbocycles. The first kappa shape index (κ1) is 21.9. The number of methoxy groups -OCH3 is 1. The maximum atomic E-state index is 9.11. The third-order valence-electron chi connectivity index (χ3n) is 6.48. The van der Waals surface area contributed by atoms with Crippen molar-refractivity contribution in [2.75, 3.05) is 25.1 Å². The lowest BCUT2D eigenvalue weighted by Gasteiger charge is -2.37. The average molecular weight is 449 g/mol. The second-order valence-corrected chi connectivity index (χ2v) is 9.02. The van der Waals surface area contributed by atoms with Crippen LogP contribution in [-0.2, 0) is 0 Å². The van der Waals surface area contributed by atoms with Crippen molar-refractivity contribution >= 4 is 16.6 Å². The van der Waals surface area contributed by atoms with Crippen LogP contribution in [0.5, 0.6) is 5.75 Å². The number of pyridine rings is 1. The van der Waals surface area contributed by atoms with Gasteiger partial charge in [-0.25, -0.2) is 0 Å². The van der Waals surface area contributed by atoms with Gasteiger partial charge < -0.3 is 15.0 Å². The Morgan fingerprint density at radius 1 is 0.912 bits per heavy atom. The number of rotatable bonds is 4. The molecule has 4 aromatic rings. The van der Waals surface area contributed by atoms with Gasteiger partial charge in [0, 0.05) is 53.6 Å². The van der Waals surface area contributed by atoms with E-state index in [0.29, 0.717) is 17.6 Å². The highest BCUT2D eigenvalue weighted by molar-refractivity contribution is 6.00. The van der Waals surface area contributed by atoms with Gasteiger partial charge in [-0.05, 0) is 55.3 Å². The molecule has 5 heteroatoms. The zero-order valence-corrected chi connectivity index (χ0v) is 19.7. The zero-order valence-electron chi connectivity index (χ0n) is 19.7. The minimum absolute atomic E-state index is 0.471. The van der Waals surface area contributed by atoms with E-state index in [9.17, 15) is 0 Å². The second kappa shape index (κ2) is 9.17. The first-order valence-electron chi connectivity index (χ1n) is 11.6. The number of fused-ring (bicyclic) bond motifs is 1. The molecule has 0 unspecified atom stereocenters. The quantitative estimate of drug-likeness (QED) is 0.438. The zero-order chi connectivity index (χ0) is 23.7. The molecule has 1 aliphatic heterocycles. The first-order valence-corrected chi connectivity index (χ1v) is 11.6. The summed E-state index contributed by atoms with van der Waals surface area (Å²) in [6.45, 7) is 6.47. The Kier molecular flexibility index (Phi) is 5.91. The number of anilines is 1. The predicted octanol–water partition coefficient (Wildman–Crippen LogP) is 5.64. The summed E-state index contributed by atoms with van der Waals surface area (Å²) in [5, 5.41) is 13.7. The number of hydrogen-bond acceptors (Lipinski definition) is 5. The summed E-state index contributed by atoms with van der Waals surface area (Å²) in [6, 6.07) is 25.5. The Hall–Kier alpha value is -3.88. The molecule has 5 rings (SSSR count). The van der Waals surface area contributed by atoms with E-state index < -0.39 is 0 Å². The highest BCUT2D eigenvalue weighted by Crippen LogP contribution is 2.39. The summed E-state index contributed by atoms with van der Waals surface area (Å²) < 4.78 is 5.91. The van der Waals surface area contributed by atoms with Crippen molar-refractivity contribution in [2.45, 2.75) is 25.9 Å². The van der Waals surface area contributed by atoms with Crippen LogP contribution < -0.4 is 15.0 Å². The van der Waals surface area contributed by atoms with E-state index in [1.807, 2.05) is 36.5 Å². The number of nitrogens with one attached hydrogen (secondary N) is 1. The maximum Gasteiger partial charge on any atom is 0.137 e. The molecule has 1 fully saturated rings. The third kappa shape index (κ3) is 4.09. The number of ether oxygens (including phenoxy) is 1. The molecule has 5 nitrogen and oxygen atoms in total. The lowest BCUT2D eigenvalue weighted by Crippen LogP contribution is -2.54. The van der Waals surface area contributed by atoms with Gasteiger partial charge in [0.1, 0.15) is 5.75 Å². The summed E-state index contributed by atoms with van der Waals surface area (Å²) >= 11 is 0. The number of aromatic nitrogens is 1. The van der Waals surface area contributed by atoms with E-state index in [4.69, 9.17) is 15.0 Å². The summed E-state index contributed by atoms with van der Waals surface area (Å²) in [6.07, 6.45) is 1.90. The topological polar surface area (TPSA) is 61.2 Å². The molecule has 0 saturated carbocycles. The number of para-hydroxylation sites is 1. The van der Waals surface area contributed by atoms with Crippen LogP contribution in [0.3, 0.4) is 0 Å². The Morgan fingerprint density at radius 3 is 2.21 bits per heavy atom. The lowest BCUT2D eigenvalue weighted by molar-refractivity contribution is 0.407. The van der Waals surface area contributed by atoms with Crippen molar-refractivity contribution in [3.05, 3.63) is 78.5 Å². The van der Waals surface area contributed by atoms with Gasteiger partial charge >= 0.3 is 0 Å². The summed E-state index contributed by atoms with van der Waals surface area (Å²) in [5.74, 6) is 0.817. The number of benzene rings is 3. The highest BCUT2D eigenvalue weighted by Gasteiger charge is 2.21. The largest absolute Gasteiger partial charge is 0.495 e. The molecule has 34 heavy (non-hydrogen) atoms. The predicted molar refractivity (Wildman–Crippen MR) is 138 cm³/mol. The average Bonchev–Trinajstić information content (AvgIpc) is 2.87. The van der Waals surface area contributed by atoms with E-state index in [1.165, 1.54) is 5.69 Å². The highest BCUT2D eigenvalue weighted by atomic mass is 16.5. The van der Waals surface area contributed by atoms with E-state index >= 15 is 0 Å². The fourth-order valence-electron chi connectivity index (χ4n) is 4.97. The van der Waals surface area contributed by atoms with Gasteiger partial charge in [-0.15, -0.1) is 0 Å². The Balaban J connectivity index is 1.52. The standard InChI is InChI=1S/C29H28N4O/c1-19-17-33(18-20(2)32-19)24-13-11-23(12-14-24)27-16-31-28-25(5-4-6-26(28)29(27)34-3)22-9-7-21(15-30)8-10-22/h4-14,16,19-20,32H,17-18H2,1-3H3/t19-,20+. The van der Waals surface area contributed by atoms with Gasteiger partial charge in [0.15, 0.2) is 0 Å². The van der Waals surface area contributed by atoms with Crippen molar-refractivity contribution in [3.8, 4) is 34.1 Å².